The first kappa shape index (κ1) is 19.0. The summed E-state index contributed by atoms with van der Waals surface area (Å²) in [6.45, 7) is 2.97. The monoisotopic (exact) mass is 316 g/mol. The van der Waals surface area contributed by atoms with Gasteiger partial charge in [0.25, 0.3) is 5.91 Å². The number of nitrogens with one attached hydrogen (secondary N) is 1. The number of thioether (sulfide) groups is 1. The van der Waals surface area contributed by atoms with Gasteiger partial charge in [-0.25, -0.2) is 4.99 Å². The number of likely N-dealkylation sites (N-methyl/N-ethyl adjacent to an activating group) is 1. The van der Waals surface area contributed by atoms with E-state index in [1.165, 1.54) is 32.8 Å². The van der Waals surface area contributed by atoms with Gasteiger partial charge in [0, 0.05) is 26.8 Å². The van der Waals surface area contributed by atoms with Gasteiger partial charge in [-0.05, 0) is 6.92 Å². The molecule has 4 N–H and O–H groups in total. The Hall–Kier alpha value is -2.03. The topological polar surface area (TPSA) is 125 Å². The molecule has 9 heteroatoms. The third kappa shape index (κ3) is 6.80. The van der Waals surface area contributed by atoms with Gasteiger partial charge in [-0.2, -0.15) is 0 Å². The fourth-order valence-corrected chi connectivity index (χ4v) is 1.89. The van der Waals surface area contributed by atoms with Crippen LogP contribution in [0.25, 0.3) is 0 Å². The minimum atomic E-state index is -0.906. The lowest BCUT2D eigenvalue weighted by atomic mass is 10.4. The largest absolute Gasteiger partial charge is 0.481 e. The molecule has 0 aromatic rings. The summed E-state index contributed by atoms with van der Waals surface area (Å²) < 4.78 is 0. The Morgan fingerprint density at radius 1 is 1.33 bits per heavy atom. The van der Waals surface area contributed by atoms with Gasteiger partial charge in [-0.1, -0.05) is 0 Å². The van der Waals surface area contributed by atoms with Crippen LogP contribution < -0.4 is 11.1 Å². The third-order valence-electron chi connectivity index (χ3n) is 2.39. The molecular formula is C12H20N4O4S. The summed E-state index contributed by atoms with van der Waals surface area (Å²) in [6.07, 6.45) is -0.00987. The molecule has 0 aliphatic carbocycles. The molecule has 0 bridgehead atoms. The maximum atomic E-state index is 11.6. The van der Waals surface area contributed by atoms with Crippen LogP contribution in [0.4, 0.5) is 0 Å². The van der Waals surface area contributed by atoms with E-state index in [1.807, 2.05) is 0 Å². The average Bonchev–Trinajstić information content (AvgIpc) is 2.41. The highest BCUT2D eigenvalue weighted by Gasteiger charge is 2.17. The van der Waals surface area contributed by atoms with E-state index in [0.29, 0.717) is 10.8 Å². The molecule has 0 unspecified atom stereocenters. The van der Waals surface area contributed by atoms with Crippen molar-refractivity contribution in [1.82, 2.24) is 10.2 Å². The Kier molecular flexibility index (Phi) is 8.14. The molecule has 0 aromatic carbocycles. The van der Waals surface area contributed by atoms with Crippen molar-refractivity contribution >= 4 is 34.6 Å². The standard InChI is InChI=1S/C12H20N4O4S/c1-7(21-6-5-9(18)19)15-11(16(4)8(2)17)10(13)12(20)14-3/h5-6,13H2,1-4H3,(H,14,20)(H,18,19)/b11-10+,15-7?. The Bertz CT molecular complexity index is 488. The van der Waals surface area contributed by atoms with E-state index in [9.17, 15) is 14.4 Å². The fourth-order valence-electron chi connectivity index (χ4n) is 1.17. The van der Waals surface area contributed by atoms with Crippen molar-refractivity contribution in [3.05, 3.63) is 11.5 Å². The van der Waals surface area contributed by atoms with Gasteiger partial charge in [-0.3, -0.25) is 19.3 Å². The van der Waals surface area contributed by atoms with Gasteiger partial charge in [0.05, 0.1) is 11.5 Å². The van der Waals surface area contributed by atoms with Crippen LogP contribution in [0.15, 0.2) is 16.5 Å². The second-order valence-electron chi connectivity index (χ2n) is 4.02. The Morgan fingerprint density at radius 3 is 2.33 bits per heavy atom. The van der Waals surface area contributed by atoms with Gasteiger partial charge in [0.15, 0.2) is 5.82 Å². The first-order valence-electron chi connectivity index (χ1n) is 6.06. The van der Waals surface area contributed by atoms with Crippen molar-refractivity contribution in [2.75, 3.05) is 19.8 Å². The number of aliphatic imine (C=N–C) groups is 1. The van der Waals surface area contributed by atoms with E-state index in [-0.39, 0.29) is 23.8 Å². The molecule has 118 valence electrons. The molecule has 2 amide bonds. The van der Waals surface area contributed by atoms with E-state index < -0.39 is 11.9 Å². The normalized spacial score (nSPS) is 12.5. The third-order valence-corrected chi connectivity index (χ3v) is 3.31. The van der Waals surface area contributed by atoms with Crippen LogP contribution in [0, 0.1) is 0 Å². The number of rotatable bonds is 6. The molecule has 0 saturated carbocycles. The molecule has 0 aliphatic rings. The lowest BCUT2D eigenvalue weighted by Gasteiger charge is -2.18. The van der Waals surface area contributed by atoms with Crippen LogP contribution in [0.5, 0.6) is 0 Å². The first-order valence-corrected chi connectivity index (χ1v) is 7.05. The predicted octanol–water partition coefficient (Wildman–Crippen LogP) is -0.0352. The number of hydrogen-bond donors (Lipinski definition) is 3. The molecule has 0 spiro atoms. The lowest BCUT2D eigenvalue weighted by Crippen LogP contribution is -2.32. The van der Waals surface area contributed by atoms with Crippen LogP contribution >= 0.6 is 11.8 Å². The number of hydrogen-bond acceptors (Lipinski definition) is 6. The smallest absolute Gasteiger partial charge is 0.304 e. The highest BCUT2D eigenvalue weighted by Crippen LogP contribution is 2.13. The number of carbonyl (C=O) groups is 3. The van der Waals surface area contributed by atoms with Gasteiger partial charge in [-0.15, -0.1) is 11.8 Å². The van der Waals surface area contributed by atoms with E-state index in [4.69, 9.17) is 10.8 Å². The predicted molar refractivity (Wildman–Crippen MR) is 81.5 cm³/mol. The molecule has 0 saturated heterocycles. The molecule has 0 fully saturated rings. The highest BCUT2D eigenvalue weighted by molar-refractivity contribution is 8.13. The molecule has 0 aromatic heterocycles. The summed E-state index contributed by atoms with van der Waals surface area (Å²) in [5.41, 5.74) is 5.51. The maximum Gasteiger partial charge on any atom is 0.304 e. The first-order chi connectivity index (χ1) is 9.70. The minimum absolute atomic E-state index is 0.00987. The molecular weight excluding hydrogens is 296 g/mol. The van der Waals surface area contributed by atoms with Crippen molar-refractivity contribution in [1.29, 1.82) is 0 Å². The second kappa shape index (κ2) is 9.01. The van der Waals surface area contributed by atoms with Crippen molar-refractivity contribution in [3.8, 4) is 0 Å². The van der Waals surface area contributed by atoms with Crippen LogP contribution in [0.2, 0.25) is 0 Å². The van der Waals surface area contributed by atoms with Crippen LogP contribution in [-0.4, -0.2) is 52.7 Å². The SMILES string of the molecule is CNC(=O)/C(N)=C(/N=C(C)SCCC(=O)O)N(C)C(C)=O. The van der Waals surface area contributed by atoms with Crippen molar-refractivity contribution in [2.24, 2.45) is 10.7 Å². The quantitative estimate of drug-likeness (QED) is 0.359. The molecule has 0 aliphatic heterocycles. The highest BCUT2D eigenvalue weighted by atomic mass is 32.2. The van der Waals surface area contributed by atoms with Gasteiger partial charge < -0.3 is 16.2 Å². The van der Waals surface area contributed by atoms with E-state index >= 15 is 0 Å². The number of aliphatic carboxylic acids is 1. The van der Waals surface area contributed by atoms with E-state index in [1.54, 1.807) is 6.92 Å². The van der Waals surface area contributed by atoms with E-state index in [2.05, 4.69) is 10.3 Å². The summed E-state index contributed by atoms with van der Waals surface area (Å²) in [6, 6.07) is 0. The lowest BCUT2D eigenvalue weighted by molar-refractivity contribution is -0.136. The molecule has 0 rings (SSSR count). The van der Waals surface area contributed by atoms with Crippen molar-refractivity contribution in [2.45, 2.75) is 20.3 Å². The fraction of sp³-hybridized carbons (Fsp3) is 0.500. The molecule has 0 atom stereocenters. The Labute approximate surface area is 127 Å². The molecule has 0 radical (unpaired) electrons. The van der Waals surface area contributed by atoms with Crippen molar-refractivity contribution in [3.63, 3.8) is 0 Å². The summed E-state index contributed by atoms with van der Waals surface area (Å²) in [7, 11) is 2.87. The number of carboxylic acid groups (broad SMARTS) is 1. The van der Waals surface area contributed by atoms with Crippen LogP contribution in [0.3, 0.4) is 0 Å². The zero-order valence-corrected chi connectivity index (χ0v) is 13.3. The van der Waals surface area contributed by atoms with Gasteiger partial charge >= 0.3 is 5.97 Å². The van der Waals surface area contributed by atoms with Gasteiger partial charge in [0.2, 0.25) is 5.91 Å². The number of carboxylic acids is 1. The summed E-state index contributed by atoms with van der Waals surface area (Å²) >= 11 is 1.21. The summed E-state index contributed by atoms with van der Waals surface area (Å²) in [4.78, 5) is 38.8. The van der Waals surface area contributed by atoms with Crippen LogP contribution in [0.1, 0.15) is 20.3 Å². The number of nitrogens with two attached hydrogens (primary N) is 1. The number of amides is 2. The van der Waals surface area contributed by atoms with Crippen molar-refractivity contribution < 1.29 is 19.5 Å². The van der Waals surface area contributed by atoms with Crippen LogP contribution in [-0.2, 0) is 14.4 Å². The van der Waals surface area contributed by atoms with E-state index in [0.717, 1.165) is 4.90 Å². The Morgan fingerprint density at radius 2 is 1.90 bits per heavy atom. The minimum Gasteiger partial charge on any atom is -0.481 e. The molecule has 21 heavy (non-hydrogen) atoms. The zero-order valence-electron chi connectivity index (χ0n) is 12.5. The molecule has 0 heterocycles. The Balaban J connectivity index is 5.28. The number of nitrogens with zero attached hydrogens (tertiary/aromatic N) is 2. The summed E-state index contributed by atoms with van der Waals surface area (Å²) in [5.74, 6) is -1.42. The molecule has 8 nitrogen and oxygen atoms in total. The van der Waals surface area contributed by atoms with Gasteiger partial charge in [0.1, 0.15) is 5.70 Å². The summed E-state index contributed by atoms with van der Waals surface area (Å²) in [5, 5.41) is 11.4. The number of carbonyl (C=O) groups excluding carboxylic acids is 2. The zero-order chi connectivity index (χ0) is 16.6. The maximum absolute atomic E-state index is 11.6. The second-order valence-corrected chi connectivity index (χ2v) is 5.31. The average molecular weight is 316 g/mol.